The number of anilines is 1. The van der Waals surface area contributed by atoms with Crippen molar-refractivity contribution in [1.82, 2.24) is 15.6 Å². The van der Waals surface area contributed by atoms with E-state index in [1.54, 1.807) is 42.6 Å². The molecular formula is C32H28F2N4O3. The topological polar surface area (TPSA) is 100 Å². The fourth-order valence-corrected chi connectivity index (χ4v) is 5.22. The van der Waals surface area contributed by atoms with Crippen LogP contribution in [-0.4, -0.2) is 29.8 Å². The SMILES string of the molecule is CNC(=O)c1cc(-c2cccnc2[C@H](Cc2cccc(F)c2)NC(=O)CC2CC(=O)Nc3ccccc32)ccc1F. The van der Waals surface area contributed by atoms with Gasteiger partial charge in [0.1, 0.15) is 11.6 Å². The highest BCUT2D eigenvalue weighted by molar-refractivity contribution is 5.96. The van der Waals surface area contributed by atoms with Crippen molar-refractivity contribution in [3.8, 4) is 11.1 Å². The number of hydrogen-bond donors (Lipinski definition) is 3. The quantitative estimate of drug-likeness (QED) is 0.275. The monoisotopic (exact) mass is 554 g/mol. The Morgan fingerprint density at radius 3 is 2.66 bits per heavy atom. The second kappa shape index (κ2) is 12.1. The number of amides is 3. The molecule has 0 aliphatic carbocycles. The summed E-state index contributed by atoms with van der Waals surface area (Å²) in [5, 5.41) is 8.33. The summed E-state index contributed by atoms with van der Waals surface area (Å²) in [6.07, 6.45) is 2.03. The van der Waals surface area contributed by atoms with Gasteiger partial charge in [-0.1, -0.05) is 42.5 Å². The second-order valence-corrected chi connectivity index (χ2v) is 9.90. The fourth-order valence-electron chi connectivity index (χ4n) is 5.22. The predicted molar refractivity (Wildman–Crippen MR) is 151 cm³/mol. The van der Waals surface area contributed by atoms with Crippen LogP contribution in [0.1, 0.15) is 52.0 Å². The molecule has 0 radical (unpaired) electrons. The van der Waals surface area contributed by atoms with Crippen LogP contribution in [0.5, 0.6) is 0 Å². The van der Waals surface area contributed by atoms with Crippen LogP contribution in [0.4, 0.5) is 14.5 Å². The van der Waals surface area contributed by atoms with Gasteiger partial charge in [-0.3, -0.25) is 19.4 Å². The average molecular weight is 555 g/mol. The van der Waals surface area contributed by atoms with Gasteiger partial charge >= 0.3 is 0 Å². The zero-order chi connectivity index (χ0) is 28.9. The lowest BCUT2D eigenvalue weighted by molar-refractivity contribution is -0.122. The van der Waals surface area contributed by atoms with E-state index in [-0.39, 0.29) is 42.6 Å². The van der Waals surface area contributed by atoms with Gasteiger partial charge in [-0.2, -0.15) is 0 Å². The summed E-state index contributed by atoms with van der Waals surface area (Å²) in [5.74, 6) is -2.43. The normalized spacial score (nSPS) is 14.9. The van der Waals surface area contributed by atoms with Gasteiger partial charge in [0.15, 0.2) is 0 Å². The highest BCUT2D eigenvalue weighted by Crippen LogP contribution is 2.35. The first-order chi connectivity index (χ1) is 19.8. The van der Waals surface area contributed by atoms with Crippen LogP contribution in [0.25, 0.3) is 11.1 Å². The van der Waals surface area contributed by atoms with Crippen LogP contribution in [-0.2, 0) is 16.0 Å². The molecule has 7 nitrogen and oxygen atoms in total. The molecule has 0 bridgehead atoms. The molecule has 0 saturated heterocycles. The lowest BCUT2D eigenvalue weighted by Gasteiger charge is -2.27. The Morgan fingerprint density at radius 2 is 1.85 bits per heavy atom. The van der Waals surface area contributed by atoms with E-state index >= 15 is 0 Å². The van der Waals surface area contributed by atoms with E-state index in [1.807, 2.05) is 18.2 Å². The number of pyridine rings is 1. The largest absolute Gasteiger partial charge is 0.355 e. The number of nitrogens with zero attached hydrogens (tertiary/aromatic N) is 1. The minimum Gasteiger partial charge on any atom is -0.355 e. The number of benzene rings is 3. The summed E-state index contributed by atoms with van der Waals surface area (Å²) in [6.45, 7) is 0. The lowest BCUT2D eigenvalue weighted by Crippen LogP contribution is -2.33. The molecule has 1 unspecified atom stereocenters. The molecule has 3 aromatic carbocycles. The van der Waals surface area contributed by atoms with Crippen molar-refractivity contribution in [2.75, 3.05) is 12.4 Å². The van der Waals surface area contributed by atoms with Gasteiger partial charge in [-0.25, -0.2) is 8.78 Å². The van der Waals surface area contributed by atoms with Crippen molar-refractivity contribution in [2.24, 2.45) is 0 Å². The summed E-state index contributed by atoms with van der Waals surface area (Å²) in [5.41, 5.74) is 3.68. The first-order valence-electron chi connectivity index (χ1n) is 13.2. The average Bonchev–Trinajstić information content (AvgIpc) is 2.96. The zero-order valence-corrected chi connectivity index (χ0v) is 22.3. The number of carbonyl (C=O) groups excluding carboxylic acids is 3. The number of nitrogens with one attached hydrogen (secondary N) is 3. The van der Waals surface area contributed by atoms with E-state index in [2.05, 4.69) is 20.9 Å². The first-order valence-corrected chi connectivity index (χ1v) is 13.2. The molecule has 3 N–H and O–H groups in total. The summed E-state index contributed by atoms with van der Waals surface area (Å²) in [4.78, 5) is 42.6. The Morgan fingerprint density at radius 1 is 1.02 bits per heavy atom. The molecule has 9 heteroatoms. The van der Waals surface area contributed by atoms with Gasteiger partial charge in [0.05, 0.1) is 17.3 Å². The number of aromatic nitrogens is 1. The minimum atomic E-state index is -0.693. The van der Waals surface area contributed by atoms with E-state index in [1.165, 1.54) is 31.3 Å². The van der Waals surface area contributed by atoms with Crippen molar-refractivity contribution in [3.63, 3.8) is 0 Å². The molecule has 0 fully saturated rings. The molecule has 0 saturated carbocycles. The van der Waals surface area contributed by atoms with Crippen LogP contribution < -0.4 is 16.0 Å². The van der Waals surface area contributed by atoms with Crippen molar-refractivity contribution >= 4 is 23.4 Å². The second-order valence-electron chi connectivity index (χ2n) is 9.90. The van der Waals surface area contributed by atoms with Gasteiger partial charge in [0.25, 0.3) is 5.91 Å². The Bertz CT molecular complexity index is 1620. The number of halogens is 2. The molecule has 1 aliphatic heterocycles. The van der Waals surface area contributed by atoms with Crippen LogP contribution in [0.15, 0.2) is 85.1 Å². The van der Waals surface area contributed by atoms with Crippen LogP contribution >= 0.6 is 0 Å². The van der Waals surface area contributed by atoms with Gasteiger partial charge in [-0.15, -0.1) is 0 Å². The Labute approximate surface area is 236 Å². The van der Waals surface area contributed by atoms with E-state index < -0.39 is 23.6 Å². The number of para-hydroxylation sites is 1. The summed E-state index contributed by atoms with van der Waals surface area (Å²) < 4.78 is 28.5. The third-order valence-electron chi connectivity index (χ3n) is 7.12. The molecule has 1 aliphatic rings. The van der Waals surface area contributed by atoms with Crippen LogP contribution in [0.3, 0.4) is 0 Å². The molecular weight excluding hydrogens is 526 g/mol. The highest BCUT2D eigenvalue weighted by atomic mass is 19.1. The maximum Gasteiger partial charge on any atom is 0.254 e. The Kier molecular flexibility index (Phi) is 8.14. The van der Waals surface area contributed by atoms with Gasteiger partial charge in [-0.05, 0) is 59.5 Å². The molecule has 0 spiro atoms. The van der Waals surface area contributed by atoms with Crippen molar-refractivity contribution in [2.45, 2.75) is 31.2 Å². The maximum absolute atomic E-state index is 14.4. The molecule has 2 atom stereocenters. The highest BCUT2D eigenvalue weighted by Gasteiger charge is 2.29. The van der Waals surface area contributed by atoms with E-state index in [4.69, 9.17) is 0 Å². The number of carbonyl (C=O) groups is 3. The minimum absolute atomic E-state index is 0.0591. The van der Waals surface area contributed by atoms with E-state index in [0.29, 0.717) is 28.1 Å². The number of hydrogen-bond acceptors (Lipinski definition) is 4. The summed E-state index contributed by atoms with van der Waals surface area (Å²) in [6, 6.07) is 20.5. The van der Waals surface area contributed by atoms with Gasteiger partial charge < -0.3 is 16.0 Å². The molecule has 1 aromatic heterocycles. The molecule has 41 heavy (non-hydrogen) atoms. The van der Waals surface area contributed by atoms with Crippen LogP contribution in [0.2, 0.25) is 0 Å². The predicted octanol–water partition coefficient (Wildman–Crippen LogP) is 5.30. The summed E-state index contributed by atoms with van der Waals surface area (Å²) >= 11 is 0. The molecule has 5 rings (SSSR count). The maximum atomic E-state index is 14.4. The molecule has 2 heterocycles. The standard InChI is InChI=1S/C32H28F2N4O3/c1-35-32(41)25-16-20(11-12-26(25)34)24-9-5-13-36-31(24)28(15-19-6-4-7-22(33)14-19)38-30(40)18-21-17-29(39)37-27-10-3-2-8-23(21)27/h2-14,16,21,28H,15,17-18H2,1H3,(H,35,41)(H,37,39)(H,38,40)/t21?,28-/m0/s1. The zero-order valence-electron chi connectivity index (χ0n) is 22.3. The molecule has 208 valence electrons. The summed E-state index contributed by atoms with van der Waals surface area (Å²) in [7, 11) is 1.42. The van der Waals surface area contributed by atoms with Crippen molar-refractivity contribution in [3.05, 3.63) is 119 Å². The smallest absolute Gasteiger partial charge is 0.254 e. The van der Waals surface area contributed by atoms with Gasteiger partial charge in [0, 0.05) is 43.3 Å². The third-order valence-corrected chi connectivity index (χ3v) is 7.12. The number of rotatable bonds is 8. The fraction of sp³-hybridized carbons (Fsp3) is 0.188. The van der Waals surface area contributed by atoms with Crippen molar-refractivity contribution in [1.29, 1.82) is 0 Å². The molecule has 3 amide bonds. The van der Waals surface area contributed by atoms with E-state index in [9.17, 15) is 23.2 Å². The molecule has 4 aromatic rings. The van der Waals surface area contributed by atoms with Gasteiger partial charge in [0.2, 0.25) is 11.8 Å². The lowest BCUT2D eigenvalue weighted by atomic mass is 9.87. The number of fused-ring (bicyclic) bond motifs is 1. The van der Waals surface area contributed by atoms with E-state index in [0.717, 1.165) is 5.56 Å². The van der Waals surface area contributed by atoms with Crippen molar-refractivity contribution < 1.29 is 23.2 Å². The Hall–Kier alpha value is -4.92. The third kappa shape index (κ3) is 6.30. The van der Waals surface area contributed by atoms with Crippen LogP contribution in [0, 0.1) is 11.6 Å². The Balaban J connectivity index is 1.49. The first kappa shape index (κ1) is 27.6.